The van der Waals surface area contributed by atoms with Crippen molar-refractivity contribution in [2.24, 2.45) is 0 Å². The van der Waals surface area contributed by atoms with Gasteiger partial charge in [0.05, 0.1) is 6.04 Å². The molecule has 1 atom stereocenters. The third-order valence-corrected chi connectivity index (χ3v) is 12.4. The van der Waals surface area contributed by atoms with Crippen LogP contribution in [0.1, 0.15) is 18.5 Å². The van der Waals surface area contributed by atoms with E-state index in [0.29, 0.717) is 0 Å². The number of benzene rings is 7. The second-order valence-electron chi connectivity index (χ2n) is 11.3. The number of thioether (sulfide) groups is 1. The molecule has 7 rings (SSSR count). The van der Waals surface area contributed by atoms with Gasteiger partial charge in [-0.15, -0.1) is 0 Å². The predicted molar refractivity (Wildman–Crippen MR) is 196 cm³/mol. The molecule has 0 bridgehead atoms. The Bertz CT molecular complexity index is 2180. The Morgan fingerprint density at radius 2 is 1.04 bits per heavy atom. The zero-order chi connectivity index (χ0) is 31.5. The lowest BCUT2D eigenvalue weighted by molar-refractivity contribution is 0.258. The Morgan fingerprint density at radius 1 is 0.565 bits per heavy atom. The quantitative estimate of drug-likeness (QED) is 0.140. The zero-order valence-electron chi connectivity index (χ0n) is 25.3. The van der Waals surface area contributed by atoms with Gasteiger partial charge in [-0.3, -0.25) is 4.79 Å². The van der Waals surface area contributed by atoms with Crippen LogP contribution in [0, 0.1) is 0 Å². The van der Waals surface area contributed by atoms with Crippen LogP contribution in [0.15, 0.2) is 169 Å². The van der Waals surface area contributed by atoms with Gasteiger partial charge in [0.25, 0.3) is 5.24 Å². The number of hydrogen-bond acceptors (Lipinski definition) is 3. The highest BCUT2D eigenvalue weighted by Gasteiger charge is 2.34. The minimum Gasteiger partial charge on any atom is -0.340 e. The summed E-state index contributed by atoms with van der Waals surface area (Å²) in [4.78, 5) is 14.5. The average Bonchev–Trinajstić information content (AvgIpc) is 3.12. The molecule has 1 N–H and O–H groups in total. The van der Waals surface area contributed by atoms with E-state index in [9.17, 15) is 4.79 Å². The normalized spacial score (nSPS) is 12.2. The maximum Gasteiger partial charge on any atom is 0.284 e. The minimum atomic E-state index is -3.39. The van der Waals surface area contributed by atoms with Gasteiger partial charge in [0, 0.05) is 31.9 Å². The topological polar surface area (TPSA) is 46.2 Å². The van der Waals surface area contributed by atoms with E-state index in [-0.39, 0.29) is 11.3 Å². The van der Waals surface area contributed by atoms with Crippen LogP contribution in [-0.2, 0) is 4.57 Å². The number of fused-ring (bicyclic) bond motifs is 2. The lowest BCUT2D eigenvalue weighted by Crippen LogP contribution is -2.26. The summed E-state index contributed by atoms with van der Waals surface area (Å²) in [6.07, 6.45) is 0. The van der Waals surface area contributed by atoms with Crippen LogP contribution in [0.2, 0.25) is 0 Å². The van der Waals surface area contributed by atoms with E-state index in [0.717, 1.165) is 59.0 Å². The van der Waals surface area contributed by atoms with Gasteiger partial charge in [-0.1, -0.05) is 152 Å². The number of carbonyl (C=O) groups excluding carboxylic acids is 1. The fourth-order valence-corrected chi connectivity index (χ4v) is 9.97. The summed E-state index contributed by atoms with van der Waals surface area (Å²) in [7, 11) is -3.39. The van der Waals surface area contributed by atoms with Crippen LogP contribution in [0.5, 0.6) is 0 Å². The van der Waals surface area contributed by atoms with Crippen molar-refractivity contribution < 1.29 is 9.36 Å². The molecule has 0 spiro atoms. The zero-order valence-corrected chi connectivity index (χ0v) is 27.0. The van der Waals surface area contributed by atoms with Crippen LogP contribution in [0.3, 0.4) is 0 Å². The van der Waals surface area contributed by atoms with E-state index in [2.05, 4.69) is 41.7 Å². The molecule has 0 aliphatic rings. The van der Waals surface area contributed by atoms with Gasteiger partial charge in [-0.05, 0) is 57.9 Å². The number of hydrogen-bond donors (Lipinski definition) is 1. The predicted octanol–water partition coefficient (Wildman–Crippen LogP) is 9.86. The van der Waals surface area contributed by atoms with Gasteiger partial charge in [-0.2, -0.15) is 0 Å². The van der Waals surface area contributed by atoms with Crippen molar-refractivity contribution in [1.82, 2.24) is 5.32 Å². The van der Waals surface area contributed by atoms with Crippen LogP contribution >= 0.6 is 18.9 Å². The Labute approximate surface area is 273 Å². The molecule has 0 radical (unpaired) electrons. The first-order chi connectivity index (χ1) is 22.5. The molecule has 0 heterocycles. The summed E-state index contributed by atoms with van der Waals surface area (Å²) in [5.41, 5.74) is 2.83. The highest BCUT2D eigenvalue weighted by molar-refractivity contribution is 8.13. The second-order valence-corrected chi connectivity index (χ2v) is 15.0. The van der Waals surface area contributed by atoms with E-state index < -0.39 is 7.14 Å². The van der Waals surface area contributed by atoms with Gasteiger partial charge in [0.2, 0.25) is 0 Å². The summed E-state index contributed by atoms with van der Waals surface area (Å²) in [6, 6.07) is 54.0. The number of amides is 1. The summed E-state index contributed by atoms with van der Waals surface area (Å²) < 4.78 is 15.9. The Morgan fingerprint density at radius 3 is 1.63 bits per heavy atom. The van der Waals surface area contributed by atoms with E-state index in [1.807, 2.05) is 134 Å². The van der Waals surface area contributed by atoms with E-state index >= 15 is 4.57 Å². The minimum absolute atomic E-state index is 0.149. The molecule has 0 saturated heterocycles. The third-order valence-electron chi connectivity index (χ3n) is 8.46. The number of carbonyl (C=O) groups is 1. The summed E-state index contributed by atoms with van der Waals surface area (Å²) in [5.74, 6) is 0. The van der Waals surface area contributed by atoms with E-state index in [4.69, 9.17) is 0 Å². The molecule has 224 valence electrons. The second kappa shape index (κ2) is 12.8. The van der Waals surface area contributed by atoms with Gasteiger partial charge in [0.15, 0.2) is 7.14 Å². The highest BCUT2D eigenvalue weighted by Crippen LogP contribution is 2.49. The van der Waals surface area contributed by atoms with Crippen LogP contribution in [0.4, 0.5) is 4.79 Å². The highest BCUT2D eigenvalue weighted by atomic mass is 32.2. The Kier molecular flexibility index (Phi) is 8.32. The van der Waals surface area contributed by atoms with Crippen LogP contribution in [-0.4, -0.2) is 5.24 Å². The molecule has 1 amide bonds. The van der Waals surface area contributed by atoms with Gasteiger partial charge in [0.1, 0.15) is 0 Å². The maximum atomic E-state index is 15.9. The third kappa shape index (κ3) is 5.56. The van der Waals surface area contributed by atoms with Crippen molar-refractivity contribution in [1.29, 1.82) is 0 Å². The van der Waals surface area contributed by atoms with Crippen molar-refractivity contribution in [2.75, 3.05) is 0 Å². The molecule has 7 aromatic rings. The first kappa shape index (κ1) is 29.8. The van der Waals surface area contributed by atoms with E-state index in [1.54, 1.807) is 0 Å². The van der Waals surface area contributed by atoms with Gasteiger partial charge < -0.3 is 9.88 Å². The Hall–Kier alpha value is -4.89. The van der Waals surface area contributed by atoms with Crippen molar-refractivity contribution in [3.05, 3.63) is 169 Å². The molecule has 0 aliphatic carbocycles. The molecule has 7 aromatic carbocycles. The molecule has 0 aromatic heterocycles. The van der Waals surface area contributed by atoms with E-state index in [1.165, 1.54) is 11.8 Å². The molecule has 0 saturated carbocycles. The first-order valence-electron chi connectivity index (χ1n) is 15.3. The van der Waals surface area contributed by atoms with Gasteiger partial charge in [-0.25, -0.2) is 0 Å². The molecule has 0 fully saturated rings. The molecular formula is C41H32NO2PS. The van der Waals surface area contributed by atoms with Crippen molar-refractivity contribution in [3.63, 3.8) is 0 Å². The first-order valence-corrected chi connectivity index (χ1v) is 17.9. The molecular weight excluding hydrogens is 601 g/mol. The smallest absolute Gasteiger partial charge is 0.284 e. The lowest BCUT2D eigenvalue weighted by atomic mass is 9.94. The molecule has 0 unspecified atom stereocenters. The monoisotopic (exact) mass is 633 g/mol. The van der Waals surface area contributed by atoms with Gasteiger partial charge >= 0.3 is 0 Å². The fraction of sp³-hybridized carbons (Fsp3) is 0.0488. The largest absolute Gasteiger partial charge is 0.340 e. The van der Waals surface area contributed by atoms with Crippen LogP contribution < -0.4 is 21.2 Å². The standard InChI is InChI=1S/C41H32NO2PS/c1-29(30-15-5-2-6-16-30)42-41(43)46-38-28-26-32-18-12-14-24-36(32)40(38)39-35-23-13-11-17-31(35)25-27-37(39)45(44,33-19-7-3-8-20-33)34-21-9-4-10-22-34/h2-29H,1H3,(H,42,43)/t29-/m1/s1. The summed E-state index contributed by atoms with van der Waals surface area (Å²) in [6.45, 7) is 1.99. The van der Waals surface area contributed by atoms with Crippen molar-refractivity contribution in [2.45, 2.75) is 17.9 Å². The summed E-state index contributed by atoms with van der Waals surface area (Å²) >= 11 is 1.18. The number of rotatable bonds is 7. The molecule has 5 heteroatoms. The molecule has 3 nitrogen and oxygen atoms in total. The van der Waals surface area contributed by atoms with Crippen molar-refractivity contribution >= 4 is 61.6 Å². The number of nitrogens with one attached hydrogen (secondary N) is 1. The summed E-state index contributed by atoms with van der Waals surface area (Å²) in [5, 5.41) is 9.39. The van der Waals surface area contributed by atoms with Crippen LogP contribution in [0.25, 0.3) is 32.7 Å². The molecule has 46 heavy (non-hydrogen) atoms. The SMILES string of the molecule is C[C@@H](NC(=O)Sc1ccc2ccccc2c1-c1c(P(=O)(c2ccccc2)c2ccccc2)ccc2ccccc12)c1ccccc1. The fourth-order valence-electron chi connectivity index (χ4n) is 6.21. The average molecular weight is 634 g/mol. The molecule has 0 aliphatic heterocycles. The maximum absolute atomic E-state index is 15.9. The van der Waals surface area contributed by atoms with Crippen molar-refractivity contribution in [3.8, 4) is 11.1 Å². The lowest BCUT2D eigenvalue weighted by Gasteiger charge is -2.26. The Balaban J connectivity index is 1.49.